The number of aromatic carboxylic acids is 1. The molecular formula is C10H11ClN2O6S. The summed E-state index contributed by atoms with van der Waals surface area (Å²) in [6, 6.07) is 3.40. The maximum Gasteiger partial charge on any atom is 0.422 e. The number of carboxylic acid groups (broad SMARTS) is 1. The summed E-state index contributed by atoms with van der Waals surface area (Å²) in [5, 5.41) is 8.61. The molecule has 1 amide bonds. The van der Waals surface area contributed by atoms with Gasteiger partial charge in [-0.1, -0.05) is 11.6 Å². The Kier molecular flexibility index (Phi) is 5.17. The molecule has 1 rings (SSSR count). The number of carbonyl (C=O) groups is 2. The standard InChI is InChI=1S/C10H11ClN2O6S/c1-2-19-10(16)13-20(17,18)12-8-4-3-6(9(14)15)5-7(8)11/h3-5,12H,2H2,1H3,(H,13,16)(H,14,15). The molecule has 0 aliphatic carbocycles. The van der Waals surface area contributed by atoms with Gasteiger partial charge in [0.05, 0.1) is 22.9 Å². The molecule has 0 atom stereocenters. The molecule has 10 heteroatoms. The van der Waals surface area contributed by atoms with Gasteiger partial charge in [-0.15, -0.1) is 0 Å². The molecule has 0 radical (unpaired) electrons. The molecule has 0 fully saturated rings. The van der Waals surface area contributed by atoms with Crippen LogP contribution in [-0.4, -0.2) is 32.2 Å². The van der Waals surface area contributed by atoms with Crippen LogP contribution in [0.25, 0.3) is 0 Å². The zero-order chi connectivity index (χ0) is 15.3. The Morgan fingerprint density at radius 3 is 2.55 bits per heavy atom. The molecule has 0 aliphatic rings. The van der Waals surface area contributed by atoms with E-state index in [1.165, 1.54) is 6.92 Å². The largest absolute Gasteiger partial charge is 0.478 e. The van der Waals surface area contributed by atoms with Gasteiger partial charge in [-0.05, 0) is 25.1 Å². The third-order valence-electron chi connectivity index (χ3n) is 1.95. The average Bonchev–Trinajstić information content (AvgIpc) is 2.30. The lowest BCUT2D eigenvalue weighted by molar-refractivity contribution is 0.0697. The summed E-state index contributed by atoms with van der Waals surface area (Å²) in [5.74, 6) is -1.20. The Morgan fingerprint density at radius 1 is 1.40 bits per heavy atom. The van der Waals surface area contributed by atoms with Crippen molar-refractivity contribution in [1.82, 2.24) is 4.72 Å². The quantitative estimate of drug-likeness (QED) is 0.754. The molecule has 1 aromatic carbocycles. The van der Waals surface area contributed by atoms with Gasteiger partial charge in [-0.2, -0.15) is 8.42 Å². The van der Waals surface area contributed by atoms with E-state index in [4.69, 9.17) is 16.7 Å². The Labute approximate surface area is 119 Å². The van der Waals surface area contributed by atoms with Crippen LogP contribution in [0.3, 0.4) is 0 Å². The van der Waals surface area contributed by atoms with Crippen LogP contribution in [0.2, 0.25) is 5.02 Å². The zero-order valence-electron chi connectivity index (χ0n) is 10.2. The fraction of sp³-hybridized carbons (Fsp3) is 0.200. The van der Waals surface area contributed by atoms with Gasteiger partial charge < -0.3 is 9.84 Å². The third-order valence-corrected chi connectivity index (χ3v) is 3.19. The van der Waals surface area contributed by atoms with Crippen molar-refractivity contribution in [3.05, 3.63) is 28.8 Å². The first kappa shape index (κ1) is 16.1. The van der Waals surface area contributed by atoms with E-state index in [1.54, 1.807) is 4.72 Å². The van der Waals surface area contributed by atoms with Gasteiger partial charge in [-0.25, -0.2) is 14.3 Å². The topological polar surface area (TPSA) is 122 Å². The minimum absolute atomic E-state index is 0.00934. The molecule has 3 N–H and O–H groups in total. The molecule has 8 nitrogen and oxygen atoms in total. The van der Waals surface area contributed by atoms with E-state index in [0.717, 1.165) is 18.2 Å². The number of nitrogens with one attached hydrogen (secondary N) is 2. The van der Waals surface area contributed by atoms with E-state index in [1.807, 2.05) is 4.72 Å². The highest BCUT2D eigenvalue weighted by Gasteiger charge is 2.17. The van der Waals surface area contributed by atoms with Crippen LogP contribution in [-0.2, 0) is 14.9 Å². The number of benzene rings is 1. The van der Waals surface area contributed by atoms with E-state index >= 15 is 0 Å². The van der Waals surface area contributed by atoms with Gasteiger partial charge in [0.25, 0.3) is 0 Å². The predicted octanol–water partition coefficient (Wildman–Crippen LogP) is 1.44. The van der Waals surface area contributed by atoms with Gasteiger partial charge in [0, 0.05) is 0 Å². The fourth-order valence-corrected chi connectivity index (χ4v) is 2.25. The van der Waals surface area contributed by atoms with Crippen molar-refractivity contribution in [2.24, 2.45) is 0 Å². The lowest BCUT2D eigenvalue weighted by Gasteiger charge is -2.10. The van der Waals surface area contributed by atoms with Crippen molar-refractivity contribution in [1.29, 1.82) is 0 Å². The number of ether oxygens (including phenoxy) is 1. The summed E-state index contributed by atoms with van der Waals surface area (Å²) in [6.45, 7) is 1.52. The normalized spacial score (nSPS) is 10.7. The average molecular weight is 323 g/mol. The minimum Gasteiger partial charge on any atom is -0.478 e. The highest BCUT2D eigenvalue weighted by Crippen LogP contribution is 2.23. The first-order valence-corrected chi connectivity index (χ1v) is 7.11. The van der Waals surface area contributed by atoms with Crippen LogP contribution >= 0.6 is 11.6 Å². The van der Waals surface area contributed by atoms with Gasteiger partial charge in [-0.3, -0.25) is 4.72 Å². The molecule has 0 aliphatic heterocycles. The number of carboxylic acids is 1. The SMILES string of the molecule is CCOC(=O)NS(=O)(=O)Nc1ccc(C(=O)O)cc1Cl. The van der Waals surface area contributed by atoms with E-state index < -0.39 is 22.3 Å². The Balaban J connectivity index is 2.87. The highest BCUT2D eigenvalue weighted by molar-refractivity contribution is 7.91. The third kappa shape index (κ3) is 4.59. The van der Waals surface area contributed by atoms with E-state index in [-0.39, 0.29) is 22.9 Å². The first-order chi connectivity index (χ1) is 9.25. The Hall–Kier alpha value is -2.00. The summed E-state index contributed by atoms with van der Waals surface area (Å²) in [5.41, 5.74) is -0.176. The molecule has 0 unspecified atom stereocenters. The van der Waals surface area contributed by atoms with E-state index in [0.29, 0.717) is 0 Å². The summed E-state index contributed by atoms with van der Waals surface area (Å²) < 4.78 is 31.1. The second-order valence-electron chi connectivity index (χ2n) is 3.43. The second-order valence-corrected chi connectivity index (χ2v) is 5.25. The second kappa shape index (κ2) is 6.44. The Bertz CT molecular complexity index is 631. The van der Waals surface area contributed by atoms with Crippen LogP contribution in [0.1, 0.15) is 17.3 Å². The molecule has 0 spiro atoms. The number of anilines is 1. The maximum absolute atomic E-state index is 11.6. The molecule has 1 aromatic rings. The van der Waals surface area contributed by atoms with Crippen molar-refractivity contribution in [2.75, 3.05) is 11.3 Å². The molecule has 110 valence electrons. The van der Waals surface area contributed by atoms with Gasteiger partial charge in [0.2, 0.25) is 0 Å². The summed E-state index contributed by atoms with van der Waals surface area (Å²) in [4.78, 5) is 21.7. The van der Waals surface area contributed by atoms with Gasteiger partial charge >= 0.3 is 22.3 Å². The van der Waals surface area contributed by atoms with Crippen LogP contribution in [0.5, 0.6) is 0 Å². The van der Waals surface area contributed by atoms with Crippen LogP contribution < -0.4 is 9.44 Å². The number of amides is 1. The van der Waals surface area contributed by atoms with Crippen molar-refractivity contribution in [2.45, 2.75) is 6.92 Å². The summed E-state index contributed by atoms with van der Waals surface area (Å²) >= 11 is 5.74. The van der Waals surface area contributed by atoms with Crippen molar-refractivity contribution in [3.8, 4) is 0 Å². The molecule has 0 bridgehead atoms. The lowest BCUT2D eigenvalue weighted by Crippen LogP contribution is -2.35. The van der Waals surface area contributed by atoms with Gasteiger partial charge in [0.1, 0.15) is 0 Å². The first-order valence-electron chi connectivity index (χ1n) is 5.25. The van der Waals surface area contributed by atoms with E-state index in [2.05, 4.69) is 4.74 Å². The zero-order valence-corrected chi connectivity index (χ0v) is 11.8. The molecule has 20 heavy (non-hydrogen) atoms. The number of halogens is 1. The fourth-order valence-electron chi connectivity index (χ4n) is 1.17. The summed E-state index contributed by atoms with van der Waals surface area (Å²) in [6.07, 6.45) is -1.14. The van der Waals surface area contributed by atoms with Crippen molar-refractivity contribution < 1.29 is 27.9 Å². The lowest BCUT2D eigenvalue weighted by atomic mass is 10.2. The van der Waals surface area contributed by atoms with Gasteiger partial charge in [0.15, 0.2) is 0 Å². The molecule has 0 saturated heterocycles. The number of hydrogen-bond donors (Lipinski definition) is 3. The number of hydrogen-bond acceptors (Lipinski definition) is 5. The van der Waals surface area contributed by atoms with Crippen LogP contribution in [0, 0.1) is 0 Å². The minimum atomic E-state index is -4.22. The molecule has 0 heterocycles. The number of carbonyl (C=O) groups excluding carboxylic acids is 1. The van der Waals surface area contributed by atoms with Crippen LogP contribution in [0.15, 0.2) is 18.2 Å². The molecular weight excluding hydrogens is 312 g/mol. The van der Waals surface area contributed by atoms with Crippen molar-refractivity contribution >= 4 is 39.6 Å². The molecule has 0 aromatic heterocycles. The van der Waals surface area contributed by atoms with Crippen LogP contribution in [0.4, 0.5) is 10.5 Å². The smallest absolute Gasteiger partial charge is 0.422 e. The summed E-state index contributed by atoms with van der Waals surface area (Å²) in [7, 11) is -4.22. The maximum atomic E-state index is 11.6. The monoisotopic (exact) mass is 322 g/mol. The Morgan fingerprint density at radius 2 is 2.05 bits per heavy atom. The predicted molar refractivity (Wildman–Crippen MR) is 71.1 cm³/mol. The highest BCUT2D eigenvalue weighted by atomic mass is 35.5. The van der Waals surface area contributed by atoms with E-state index in [9.17, 15) is 18.0 Å². The van der Waals surface area contributed by atoms with Crippen molar-refractivity contribution in [3.63, 3.8) is 0 Å². The number of rotatable bonds is 5. The molecule has 0 saturated carbocycles.